The Morgan fingerprint density at radius 3 is 2.38 bits per heavy atom. The van der Waals surface area contributed by atoms with Gasteiger partial charge in [-0.2, -0.15) is 0 Å². The molecule has 0 spiro atoms. The fraction of sp³-hybridized carbons (Fsp3) is 0.750. The lowest BCUT2D eigenvalue weighted by Gasteiger charge is -2.33. The molecule has 0 bridgehead atoms. The highest BCUT2D eigenvalue weighted by atomic mass is 16.3. The third-order valence-electron chi connectivity index (χ3n) is 4.08. The highest BCUT2D eigenvalue weighted by molar-refractivity contribution is 5.30. The van der Waals surface area contributed by atoms with E-state index in [1.165, 1.54) is 0 Å². The first-order valence-corrected chi connectivity index (χ1v) is 8.01. The summed E-state index contributed by atoms with van der Waals surface area (Å²) >= 11 is 0. The zero-order chi connectivity index (χ0) is 15.2. The van der Waals surface area contributed by atoms with Crippen molar-refractivity contribution in [3.63, 3.8) is 0 Å². The average Bonchev–Trinajstić information content (AvgIpc) is 2.48. The fourth-order valence-corrected chi connectivity index (χ4v) is 2.69. The summed E-state index contributed by atoms with van der Waals surface area (Å²) in [7, 11) is 0. The van der Waals surface area contributed by atoms with Gasteiger partial charge in [-0.1, -0.05) is 13.8 Å². The summed E-state index contributed by atoms with van der Waals surface area (Å²) in [4.78, 5) is 11.2. The molecular formula is C16H28N4O. The van der Waals surface area contributed by atoms with Crippen molar-refractivity contribution in [2.24, 2.45) is 11.8 Å². The monoisotopic (exact) mass is 292 g/mol. The van der Waals surface area contributed by atoms with E-state index in [0.29, 0.717) is 11.8 Å². The molecule has 2 heterocycles. The van der Waals surface area contributed by atoms with Crippen molar-refractivity contribution in [2.45, 2.75) is 46.3 Å². The number of piperidine rings is 1. The molecule has 2 N–H and O–H groups in total. The highest BCUT2D eigenvalue weighted by Gasteiger charge is 2.23. The van der Waals surface area contributed by atoms with Crippen LogP contribution in [0.5, 0.6) is 0 Å². The third-order valence-corrected chi connectivity index (χ3v) is 4.08. The van der Waals surface area contributed by atoms with Crippen LogP contribution in [0.25, 0.3) is 0 Å². The van der Waals surface area contributed by atoms with Crippen molar-refractivity contribution in [1.29, 1.82) is 0 Å². The summed E-state index contributed by atoms with van der Waals surface area (Å²) in [6.07, 6.45) is 5.65. The van der Waals surface area contributed by atoms with Crippen molar-refractivity contribution < 1.29 is 5.11 Å². The van der Waals surface area contributed by atoms with E-state index in [4.69, 9.17) is 0 Å². The number of aliphatic hydroxyl groups is 1. The molecule has 5 heteroatoms. The van der Waals surface area contributed by atoms with Crippen LogP contribution in [0.3, 0.4) is 0 Å². The Labute approximate surface area is 127 Å². The zero-order valence-corrected chi connectivity index (χ0v) is 13.4. The number of nitrogens with one attached hydrogen (secondary N) is 1. The van der Waals surface area contributed by atoms with Gasteiger partial charge in [-0.3, -0.25) is 0 Å². The molecule has 1 aromatic rings. The van der Waals surface area contributed by atoms with E-state index in [-0.39, 0.29) is 6.10 Å². The number of hydrogen-bond acceptors (Lipinski definition) is 5. The minimum Gasteiger partial charge on any atom is -0.393 e. The van der Waals surface area contributed by atoms with E-state index in [1.807, 2.05) is 19.3 Å². The normalized spacial score (nSPS) is 18.2. The first-order valence-electron chi connectivity index (χ1n) is 8.01. The predicted molar refractivity (Wildman–Crippen MR) is 85.2 cm³/mol. The van der Waals surface area contributed by atoms with Gasteiger partial charge in [-0.15, -0.1) is 0 Å². The number of rotatable bonds is 6. The van der Waals surface area contributed by atoms with Crippen molar-refractivity contribution in [1.82, 2.24) is 15.3 Å². The van der Waals surface area contributed by atoms with Crippen LogP contribution in [0.4, 0.5) is 5.95 Å². The molecule has 0 amide bonds. The quantitative estimate of drug-likeness (QED) is 0.837. The molecule has 1 fully saturated rings. The minimum absolute atomic E-state index is 0.206. The maximum atomic E-state index is 9.64. The number of aromatic nitrogens is 2. The topological polar surface area (TPSA) is 61.3 Å². The summed E-state index contributed by atoms with van der Waals surface area (Å²) in [6, 6.07) is 0. The van der Waals surface area contributed by atoms with E-state index in [2.05, 4.69) is 34.0 Å². The average molecular weight is 292 g/mol. The summed E-state index contributed by atoms with van der Waals surface area (Å²) in [5.41, 5.74) is 1.12. The molecule has 1 aliphatic rings. The lowest BCUT2D eigenvalue weighted by atomic mass is 9.92. The number of anilines is 1. The summed E-state index contributed by atoms with van der Waals surface area (Å²) in [5, 5.41) is 13.0. The maximum Gasteiger partial charge on any atom is 0.225 e. The molecular weight excluding hydrogens is 264 g/mol. The molecule has 0 aromatic carbocycles. The minimum atomic E-state index is -0.206. The van der Waals surface area contributed by atoms with Crippen molar-refractivity contribution in [3.8, 4) is 0 Å². The van der Waals surface area contributed by atoms with E-state index in [1.54, 1.807) is 0 Å². The van der Waals surface area contributed by atoms with Gasteiger partial charge in [0, 0.05) is 37.6 Å². The van der Waals surface area contributed by atoms with E-state index >= 15 is 0 Å². The van der Waals surface area contributed by atoms with E-state index < -0.39 is 0 Å². The lowest BCUT2D eigenvalue weighted by molar-refractivity contribution is 0.109. The number of nitrogens with zero attached hydrogens (tertiary/aromatic N) is 3. The van der Waals surface area contributed by atoms with Gasteiger partial charge in [-0.25, -0.2) is 9.97 Å². The molecule has 2 rings (SSSR count). The van der Waals surface area contributed by atoms with Gasteiger partial charge in [0.05, 0.1) is 6.10 Å². The lowest BCUT2D eigenvalue weighted by Crippen LogP contribution is -2.38. The molecule has 1 unspecified atom stereocenters. The van der Waals surface area contributed by atoms with Crippen molar-refractivity contribution >= 4 is 5.95 Å². The summed E-state index contributed by atoms with van der Waals surface area (Å²) < 4.78 is 0. The second kappa shape index (κ2) is 7.71. The van der Waals surface area contributed by atoms with E-state index in [0.717, 1.165) is 50.5 Å². The smallest absolute Gasteiger partial charge is 0.225 e. The molecule has 118 valence electrons. The van der Waals surface area contributed by atoms with Crippen molar-refractivity contribution in [3.05, 3.63) is 18.0 Å². The van der Waals surface area contributed by atoms with Gasteiger partial charge in [0.25, 0.3) is 0 Å². The molecule has 0 saturated carbocycles. The Bertz CT molecular complexity index is 411. The van der Waals surface area contributed by atoms with Crippen LogP contribution in [0.1, 0.15) is 39.2 Å². The van der Waals surface area contributed by atoms with Gasteiger partial charge in [0.2, 0.25) is 5.95 Å². The maximum absolute atomic E-state index is 9.64. The predicted octanol–water partition coefficient (Wildman–Crippen LogP) is 1.82. The first kappa shape index (κ1) is 16.2. The first-order chi connectivity index (χ1) is 10.1. The van der Waals surface area contributed by atoms with Crippen LogP contribution >= 0.6 is 0 Å². The molecule has 1 atom stereocenters. The van der Waals surface area contributed by atoms with Crippen LogP contribution in [0.15, 0.2) is 12.4 Å². The van der Waals surface area contributed by atoms with Crippen LogP contribution < -0.4 is 10.2 Å². The van der Waals surface area contributed by atoms with Crippen LogP contribution in [0.2, 0.25) is 0 Å². The summed E-state index contributed by atoms with van der Waals surface area (Å²) in [5.74, 6) is 1.88. The van der Waals surface area contributed by atoms with Crippen LogP contribution in [-0.2, 0) is 6.54 Å². The van der Waals surface area contributed by atoms with Gasteiger partial charge in [0.1, 0.15) is 0 Å². The molecule has 0 aliphatic carbocycles. The van der Waals surface area contributed by atoms with Gasteiger partial charge < -0.3 is 15.3 Å². The van der Waals surface area contributed by atoms with Crippen molar-refractivity contribution in [2.75, 3.05) is 24.5 Å². The molecule has 1 saturated heterocycles. The number of hydrogen-bond donors (Lipinski definition) is 2. The summed E-state index contributed by atoms with van der Waals surface area (Å²) in [6.45, 7) is 9.97. The Kier molecular flexibility index (Phi) is 5.94. The zero-order valence-electron chi connectivity index (χ0n) is 13.4. The SMILES string of the molecule is CC(C)CNCc1cnc(N2CCC(C(C)O)CC2)nc1. The Morgan fingerprint density at radius 2 is 1.86 bits per heavy atom. The molecule has 21 heavy (non-hydrogen) atoms. The largest absolute Gasteiger partial charge is 0.393 e. The Hall–Kier alpha value is -1.20. The Morgan fingerprint density at radius 1 is 1.24 bits per heavy atom. The van der Waals surface area contributed by atoms with Gasteiger partial charge >= 0.3 is 0 Å². The third kappa shape index (κ3) is 4.93. The van der Waals surface area contributed by atoms with Gasteiger partial charge in [-0.05, 0) is 38.1 Å². The Balaban J connectivity index is 1.82. The second-order valence-corrected chi connectivity index (χ2v) is 6.48. The van der Waals surface area contributed by atoms with Gasteiger partial charge in [0.15, 0.2) is 0 Å². The highest BCUT2D eigenvalue weighted by Crippen LogP contribution is 2.22. The molecule has 1 aliphatic heterocycles. The standard InChI is InChI=1S/C16H28N4O/c1-12(2)8-17-9-14-10-18-16(19-11-14)20-6-4-15(5-7-20)13(3)21/h10-13,15,17,21H,4-9H2,1-3H3. The molecule has 1 aromatic heterocycles. The van der Waals surface area contributed by atoms with E-state index in [9.17, 15) is 5.11 Å². The fourth-order valence-electron chi connectivity index (χ4n) is 2.69. The second-order valence-electron chi connectivity index (χ2n) is 6.48. The van der Waals surface area contributed by atoms with Crippen LogP contribution in [-0.4, -0.2) is 40.8 Å². The number of aliphatic hydroxyl groups excluding tert-OH is 1. The molecule has 5 nitrogen and oxygen atoms in total. The van der Waals surface area contributed by atoms with Crippen LogP contribution in [0, 0.1) is 11.8 Å². The molecule has 0 radical (unpaired) electrons.